The third-order valence-corrected chi connectivity index (χ3v) is 5.41. The Balaban J connectivity index is 1.37. The predicted molar refractivity (Wildman–Crippen MR) is 140 cm³/mol. The summed E-state index contributed by atoms with van der Waals surface area (Å²) in [6, 6.07) is 23.0. The van der Waals surface area contributed by atoms with Crippen LogP contribution in [0.4, 0.5) is 16.6 Å². The molecule has 36 heavy (non-hydrogen) atoms. The standard InChI is InChI=1S/C27H29N5O4/c1-34-21-10-8-19(9-11-21)17-30-25-23-16-22(35-2)12-13-24(23)31-26(32-25)28-14-15-29-27(33)36-18-20-6-4-3-5-7-20/h3-13,16H,14-15,17-18H2,1-2H3,(H,29,33)(H2,28,30,31,32). The highest BCUT2D eigenvalue weighted by Crippen LogP contribution is 2.27. The van der Waals surface area contributed by atoms with E-state index in [4.69, 9.17) is 14.2 Å². The highest BCUT2D eigenvalue weighted by atomic mass is 16.5. The molecule has 0 saturated heterocycles. The summed E-state index contributed by atoms with van der Waals surface area (Å²) in [6.07, 6.45) is -0.478. The van der Waals surface area contributed by atoms with Crippen molar-refractivity contribution in [1.29, 1.82) is 0 Å². The Morgan fingerprint density at radius 2 is 1.56 bits per heavy atom. The summed E-state index contributed by atoms with van der Waals surface area (Å²) < 4.78 is 15.8. The molecule has 0 saturated carbocycles. The Kier molecular flexibility index (Phi) is 8.37. The molecule has 0 radical (unpaired) electrons. The van der Waals surface area contributed by atoms with Crippen LogP contribution >= 0.6 is 0 Å². The summed E-state index contributed by atoms with van der Waals surface area (Å²) >= 11 is 0. The van der Waals surface area contributed by atoms with E-state index < -0.39 is 6.09 Å². The minimum atomic E-state index is -0.478. The second-order valence-electron chi connectivity index (χ2n) is 7.90. The van der Waals surface area contributed by atoms with Gasteiger partial charge in [0.25, 0.3) is 0 Å². The van der Waals surface area contributed by atoms with E-state index >= 15 is 0 Å². The van der Waals surface area contributed by atoms with Crippen LogP contribution < -0.4 is 25.4 Å². The van der Waals surface area contributed by atoms with Crippen LogP contribution in [0.3, 0.4) is 0 Å². The fourth-order valence-corrected chi connectivity index (χ4v) is 3.49. The van der Waals surface area contributed by atoms with Crippen molar-refractivity contribution in [2.24, 2.45) is 0 Å². The summed E-state index contributed by atoms with van der Waals surface area (Å²) in [5, 5.41) is 10.1. The van der Waals surface area contributed by atoms with Crippen LogP contribution in [0.5, 0.6) is 11.5 Å². The molecule has 3 N–H and O–H groups in total. The maximum absolute atomic E-state index is 12.0. The van der Waals surface area contributed by atoms with E-state index in [-0.39, 0.29) is 6.61 Å². The van der Waals surface area contributed by atoms with E-state index in [9.17, 15) is 4.79 Å². The smallest absolute Gasteiger partial charge is 0.407 e. The molecule has 0 spiro atoms. The average molecular weight is 488 g/mol. The number of fused-ring (bicyclic) bond motifs is 1. The van der Waals surface area contributed by atoms with E-state index in [2.05, 4.69) is 25.9 Å². The number of methoxy groups -OCH3 is 2. The zero-order valence-corrected chi connectivity index (χ0v) is 20.3. The van der Waals surface area contributed by atoms with E-state index in [0.29, 0.717) is 31.4 Å². The monoisotopic (exact) mass is 487 g/mol. The van der Waals surface area contributed by atoms with E-state index in [0.717, 1.165) is 33.5 Å². The molecule has 0 unspecified atom stereocenters. The molecule has 0 fully saturated rings. The van der Waals surface area contributed by atoms with Crippen LogP contribution in [0.1, 0.15) is 11.1 Å². The zero-order chi connectivity index (χ0) is 25.2. The van der Waals surface area contributed by atoms with Gasteiger partial charge in [0.2, 0.25) is 5.95 Å². The Labute approximate surface area is 209 Å². The number of benzene rings is 3. The molecule has 1 heterocycles. The molecule has 4 rings (SSSR count). The third kappa shape index (κ3) is 6.75. The summed E-state index contributed by atoms with van der Waals surface area (Å²) in [5.41, 5.74) is 2.78. The van der Waals surface area contributed by atoms with Crippen molar-refractivity contribution in [3.8, 4) is 11.5 Å². The number of aromatic nitrogens is 2. The van der Waals surface area contributed by atoms with E-state index in [1.165, 1.54) is 0 Å². The van der Waals surface area contributed by atoms with Crippen LogP contribution in [0, 0.1) is 0 Å². The van der Waals surface area contributed by atoms with Crippen molar-refractivity contribution in [3.05, 3.63) is 83.9 Å². The second kappa shape index (κ2) is 12.3. The molecule has 1 aromatic heterocycles. The fraction of sp³-hybridized carbons (Fsp3) is 0.222. The van der Waals surface area contributed by atoms with Gasteiger partial charge in [0.05, 0.1) is 19.7 Å². The van der Waals surface area contributed by atoms with Gasteiger partial charge in [0, 0.05) is 25.0 Å². The maximum atomic E-state index is 12.0. The molecule has 0 aliphatic carbocycles. The number of hydrogen-bond donors (Lipinski definition) is 3. The molecule has 4 aromatic rings. The van der Waals surface area contributed by atoms with Gasteiger partial charge in [-0.05, 0) is 41.5 Å². The fourth-order valence-electron chi connectivity index (χ4n) is 3.49. The molecule has 1 amide bonds. The van der Waals surface area contributed by atoms with Crippen LogP contribution in [-0.2, 0) is 17.9 Å². The highest BCUT2D eigenvalue weighted by Gasteiger charge is 2.10. The van der Waals surface area contributed by atoms with Gasteiger partial charge in [-0.25, -0.2) is 9.78 Å². The summed E-state index contributed by atoms with van der Waals surface area (Å²) in [6.45, 7) is 1.58. The lowest BCUT2D eigenvalue weighted by Gasteiger charge is -2.13. The minimum absolute atomic E-state index is 0.223. The van der Waals surface area contributed by atoms with Crippen LogP contribution in [0.2, 0.25) is 0 Å². The quantitative estimate of drug-likeness (QED) is 0.264. The third-order valence-electron chi connectivity index (χ3n) is 5.41. The Hall–Kier alpha value is -4.53. The first-order valence-electron chi connectivity index (χ1n) is 11.6. The molecule has 0 atom stereocenters. The molecule has 0 aliphatic rings. The van der Waals surface area contributed by atoms with Crippen molar-refractivity contribution in [2.75, 3.05) is 37.9 Å². The van der Waals surface area contributed by atoms with Crippen molar-refractivity contribution in [3.63, 3.8) is 0 Å². The minimum Gasteiger partial charge on any atom is -0.497 e. The molecular weight excluding hydrogens is 458 g/mol. The summed E-state index contributed by atoms with van der Waals surface area (Å²) in [5.74, 6) is 2.65. The van der Waals surface area contributed by atoms with E-state index in [1.54, 1.807) is 14.2 Å². The maximum Gasteiger partial charge on any atom is 0.407 e. The molecule has 9 heteroatoms. The molecule has 186 valence electrons. The average Bonchev–Trinajstić information content (AvgIpc) is 2.93. The van der Waals surface area contributed by atoms with Gasteiger partial charge in [-0.15, -0.1) is 0 Å². The van der Waals surface area contributed by atoms with E-state index in [1.807, 2.05) is 72.8 Å². The van der Waals surface area contributed by atoms with Crippen molar-refractivity contribution in [1.82, 2.24) is 15.3 Å². The van der Waals surface area contributed by atoms with Gasteiger partial charge in [-0.1, -0.05) is 42.5 Å². The van der Waals surface area contributed by atoms with Gasteiger partial charge >= 0.3 is 6.09 Å². The highest BCUT2D eigenvalue weighted by molar-refractivity contribution is 5.91. The molecule has 0 bridgehead atoms. The number of alkyl carbamates (subject to hydrolysis) is 1. The first kappa shape index (κ1) is 24.6. The van der Waals surface area contributed by atoms with Crippen molar-refractivity contribution in [2.45, 2.75) is 13.2 Å². The number of amides is 1. The number of anilines is 2. The molecule has 0 aliphatic heterocycles. The number of nitrogens with one attached hydrogen (secondary N) is 3. The topological polar surface area (TPSA) is 107 Å². The van der Waals surface area contributed by atoms with Gasteiger partial charge in [0.15, 0.2) is 0 Å². The Bertz CT molecular complexity index is 1280. The molecular formula is C27H29N5O4. The Morgan fingerprint density at radius 3 is 2.31 bits per heavy atom. The van der Waals surface area contributed by atoms with Crippen LogP contribution in [0.25, 0.3) is 10.9 Å². The van der Waals surface area contributed by atoms with Gasteiger partial charge in [-0.3, -0.25) is 0 Å². The number of nitrogens with zero attached hydrogens (tertiary/aromatic N) is 2. The first-order valence-corrected chi connectivity index (χ1v) is 11.6. The number of carbonyl (C=O) groups is 1. The first-order chi connectivity index (χ1) is 17.6. The zero-order valence-electron chi connectivity index (χ0n) is 20.3. The molecule has 9 nitrogen and oxygen atoms in total. The normalized spacial score (nSPS) is 10.5. The lowest BCUT2D eigenvalue weighted by Crippen LogP contribution is -2.29. The van der Waals surface area contributed by atoms with Crippen LogP contribution in [-0.4, -0.2) is 43.4 Å². The Morgan fingerprint density at radius 1 is 0.806 bits per heavy atom. The van der Waals surface area contributed by atoms with Crippen LogP contribution in [0.15, 0.2) is 72.8 Å². The molecule has 3 aromatic carbocycles. The van der Waals surface area contributed by atoms with Crippen molar-refractivity contribution >= 4 is 28.8 Å². The number of rotatable bonds is 11. The second-order valence-corrected chi connectivity index (χ2v) is 7.90. The van der Waals surface area contributed by atoms with Gasteiger partial charge in [-0.2, -0.15) is 4.98 Å². The van der Waals surface area contributed by atoms with Crippen molar-refractivity contribution < 1.29 is 19.0 Å². The summed E-state index contributed by atoms with van der Waals surface area (Å²) in [4.78, 5) is 21.2. The van der Waals surface area contributed by atoms with Gasteiger partial charge in [0.1, 0.15) is 23.9 Å². The number of hydrogen-bond acceptors (Lipinski definition) is 8. The van der Waals surface area contributed by atoms with Gasteiger partial charge < -0.3 is 30.2 Å². The number of ether oxygens (including phenoxy) is 3. The largest absolute Gasteiger partial charge is 0.497 e. The lowest BCUT2D eigenvalue weighted by atomic mass is 10.2. The predicted octanol–water partition coefficient (Wildman–Crippen LogP) is 4.60. The lowest BCUT2D eigenvalue weighted by molar-refractivity contribution is 0.140. The summed E-state index contributed by atoms with van der Waals surface area (Å²) in [7, 11) is 3.27. The SMILES string of the molecule is COc1ccc(CNc2nc(NCCNC(=O)OCc3ccccc3)nc3ccc(OC)cc23)cc1. The number of carbonyl (C=O) groups excluding carboxylic acids is 1.